The summed E-state index contributed by atoms with van der Waals surface area (Å²) in [7, 11) is 0. The molecule has 72 valence electrons. The standard InChI is InChI=1S/C12H18O/c13-11-8-12-6-2-1-3-10(12)5-4-9(11)7-12/h4-5,9-11,13H,1-3,6-8H2. The van der Waals surface area contributed by atoms with Crippen LogP contribution in [0.3, 0.4) is 0 Å². The van der Waals surface area contributed by atoms with Gasteiger partial charge in [-0.25, -0.2) is 0 Å². The maximum Gasteiger partial charge on any atom is 0.0608 e. The second-order valence-electron chi connectivity index (χ2n) is 5.24. The van der Waals surface area contributed by atoms with Crippen molar-refractivity contribution >= 4 is 0 Å². The number of hydrogen-bond donors (Lipinski definition) is 1. The van der Waals surface area contributed by atoms with Crippen molar-refractivity contribution in [3.05, 3.63) is 12.2 Å². The molecule has 0 heterocycles. The summed E-state index contributed by atoms with van der Waals surface area (Å²) < 4.78 is 0. The van der Waals surface area contributed by atoms with Crippen LogP contribution in [0, 0.1) is 17.3 Å². The van der Waals surface area contributed by atoms with Gasteiger partial charge in [-0.15, -0.1) is 0 Å². The lowest BCUT2D eigenvalue weighted by atomic mass is 9.63. The van der Waals surface area contributed by atoms with Crippen molar-refractivity contribution in [2.24, 2.45) is 17.3 Å². The molecule has 4 atom stereocenters. The van der Waals surface area contributed by atoms with E-state index in [1.54, 1.807) is 0 Å². The van der Waals surface area contributed by atoms with E-state index in [2.05, 4.69) is 12.2 Å². The second-order valence-corrected chi connectivity index (χ2v) is 5.24. The molecular weight excluding hydrogens is 160 g/mol. The lowest BCUT2D eigenvalue weighted by Gasteiger charge is -2.42. The third-order valence-electron chi connectivity index (χ3n) is 4.57. The van der Waals surface area contributed by atoms with Crippen molar-refractivity contribution < 1.29 is 5.11 Å². The summed E-state index contributed by atoms with van der Waals surface area (Å²) in [5.41, 5.74) is 0.525. The van der Waals surface area contributed by atoms with Gasteiger partial charge in [0, 0.05) is 5.92 Å². The van der Waals surface area contributed by atoms with E-state index in [1.165, 1.54) is 32.1 Å². The Morgan fingerprint density at radius 3 is 3.00 bits per heavy atom. The lowest BCUT2D eigenvalue weighted by Crippen LogP contribution is -2.31. The molecule has 0 aromatic heterocycles. The van der Waals surface area contributed by atoms with Crippen LogP contribution < -0.4 is 0 Å². The highest BCUT2D eigenvalue weighted by molar-refractivity contribution is 5.15. The first-order valence-electron chi connectivity index (χ1n) is 5.67. The van der Waals surface area contributed by atoms with Crippen molar-refractivity contribution in [3.8, 4) is 0 Å². The van der Waals surface area contributed by atoms with Crippen LogP contribution in [0.4, 0.5) is 0 Å². The maximum atomic E-state index is 9.88. The molecule has 0 amide bonds. The normalized spacial score (nSPS) is 53.5. The van der Waals surface area contributed by atoms with E-state index in [-0.39, 0.29) is 6.10 Å². The Hall–Kier alpha value is -0.300. The number of allylic oxidation sites excluding steroid dienone is 1. The van der Waals surface area contributed by atoms with Gasteiger partial charge >= 0.3 is 0 Å². The van der Waals surface area contributed by atoms with Gasteiger partial charge in [-0.05, 0) is 37.0 Å². The van der Waals surface area contributed by atoms with Gasteiger partial charge in [-0.1, -0.05) is 25.0 Å². The molecule has 0 aromatic carbocycles. The van der Waals surface area contributed by atoms with Gasteiger partial charge in [0.1, 0.15) is 0 Å². The summed E-state index contributed by atoms with van der Waals surface area (Å²) >= 11 is 0. The van der Waals surface area contributed by atoms with Crippen LogP contribution in [0.2, 0.25) is 0 Å². The molecule has 4 unspecified atom stereocenters. The minimum Gasteiger partial charge on any atom is -0.392 e. The molecule has 1 N–H and O–H groups in total. The summed E-state index contributed by atoms with van der Waals surface area (Å²) in [6.45, 7) is 0. The fourth-order valence-corrected chi connectivity index (χ4v) is 3.87. The SMILES string of the molecule is OC1CC23CCCCC2C=CC1C3. The molecule has 0 aromatic rings. The van der Waals surface area contributed by atoms with E-state index in [0.717, 1.165) is 12.3 Å². The van der Waals surface area contributed by atoms with Gasteiger partial charge in [0.25, 0.3) is 0 Å². The van der Waals surface area contributed by atoms with Crippen molar-refractivity contribution in [1.29, 1.82) is 0 Å². The zero-order valence-corrected chi connectivity index (χ0v) is 8.08. The van der Waals surface area contributed by atoms with Crippen LogP contribution in [0.1, 0.15) is 38.5 Å². The Morgan fingerprint density at radius 1 is 1.15 bits per heavy atom. The molecule has 1 nitrogen and oxygen atoms in total. The highest BCUT2D eigenvalue weighted by Gasteiger charge is 2.50. The summed E-state index contributed by atoms with van der Waals surface area (Å²) in [5.74, 6) is 1.30. The summed E-state index contributed by atoms with van der Waals surface area (Å²) in [5, 5.41) is 9.88. The Balaban J connectivity index is 1.95. The molecule has 3 rings (SSSR count). The number of aliphatic hydroxyl groups excluding tert-OH is 1. The predicted octanol–water partition coefficient (Wildman–Crippen LogP) is 2.50. The van der Waals surface area contributed by atoms with Gasteiger partial charge in [0.15, 0.2) is 0 Å². The number of rotatable bonds is 0. The molecule has 3 aliphatic carbocycles. The van der Waals surface area contributed by atoms with E-state index in [4.69, 9.17) is 0 Å². The summed E-state index contributed by atoms with van der Waals surface area (Å²) in [6, 6.07) is 0. The first-order valence-corrected chi connectivity index (χ1v) is 5.67. The van der Waals surface area contributed by atoms with Gasteiger partial charge in [0.05, 0.1) is 6.10 Å². The Bertz CT molecular complexity index is 246. The maximum absolute atomic E-state index is 9.88. The molecule has 2 bridgehead atoms. The van der Waals surface area contributed by atoms with Crippen LogP contribution in [0.15, 0.2) is 12.2 Å². The fraction of sp³-hybridized carbons (Fsp3) is 0.833. The van der Waals surface area contributed by atoms with E-state index in [0.29, 0.717) is 11.3 Å². The van der Waals surface area contributed by atoms with Crippen molar-refractivity contribution in [2.75, 3.05) is 0 Å². The van der Waals surface area contributed by atoms with Crippen molar-refractivity contribution in [2.45, 2.75) is 44.6 Å². The zero-order valence-electron chi connectivity index (χ0n) is 8.08. The Labute approximate surface area is 79.8 Å². The number of fused-ring (bicyclic) bond motifs is 1. The molecule has 2 saturated carbocycles. The first-order chi connectivity index (χ1) is 6.30. The van der Waals surface area contributed by atoms with Crippen molar-refractivity contribution in [3.63, 3.8) is 0 Å². The smallest absolute Gasteiger partial charge is 0.0608 e. The number of aliphatic hydroxyl groups is 1. The molecule has 0 saturated heterocycles. The largest absolute Gasteiger partial charge is 0.392 e. The minimum atomic E-state index is -0.0284. The fourth-order valence-electron chi connectivity index (χ4n) is 3.87. The third kappa shape index (κ3) is 1.03. The quantitative estimate of drug-likeness (QED) is 0.565. The van der Waals surface area contributed by atoms with Crippen LogP contribution in [-0.2, 0) is 0 Å². The molecule has 3 aliphatic rings. The van der Waals surface area contributed by atoms with E-state index >= 15 is 0 Å². The van der Waals surface area contributed by atoms with Gasteiger partial charge in [-0.3, -0.25) is 0 Å². The molecule has 0 aliphatic heterocycles. The third-order valence-corrected chi connectivity index (χ3v) is 4.57. The van der Waals surface area contributed by atoms with Crippen LogP contribution in [0.25, 0.3) is 0 Å². The summed E-state index contributed by atoms with van der Waals surface area (Å²) in [6.07, 6.45) is 12.5. The predicted molar refractivity (Wildman–Crippen MR) is 52.3 cm³/mol. The highest BCUT2D eigenvalue weighted by Crippen LogP contribution is 2.57. The van der Waals surface area contributed by atoms with E-state index in [1.807, 2.05) is 0 Å². The monoisotopic (exact) mass is 178 g/mol. The van der Waals surface area contributed by atoms with Crippen molar-refractivity contribution in [1.82, 2.24) is 0 Å². The van der Waals surface area contributed by atoms with Crippen LogP contribution in [-0.4, -0.2) is 11.2 Å². The Morgan fingerprint density at radius 2 is 2.08 bits per heavy atom. The number of hydrogen-bond acceptors (Lipinski definition) is 1. The lowest BCUT2D eigenvalue weighted by molar-refractivity contribution is 0.103. The average molecular weight is 178 g/mol. The van der Waals surface area contributed by atoms with Gasteiger partial charge < -0.3 is 5.11 Å². The zero-order chi connectivity index (χ0) is 8.89. The summed E-state index contributed by atoms with van der Waals surface area (Å²) in [4.78, 5) is 0. The second kappa shape index (κ2) is 2.60. The van der Waals surface area contributed by atoms with Crippen LogP contribution >= 0.6 is 0 Å². The van der Waals surface area contributed by atoms with Crippen LogP contribution in [0.5, 0.6) is 0 Å². The molecule has 1 heteroatoms. The molecule has 13 heavy (non-hydrogen) atoms. The van der Waals surface area contributed by atoms with Gasteiger partial charge in [0.2, 0.25) is 0 Å². The topological polar surface area (TPSA) is 20.2 Å². The van der Waals surface area contributed by atoms with E-state index < -0.39 is 0 Å². The molecular formula is C12H18O. The molecule has 2 fully saturated rings. The van der Waals surface area contributed by atoms with Gasteiger partial charge in [-0.2, -0.15) is 0 Å². The molecule has 0 radical (unpaired) electrons. The minimum absolute atomic E-state index is 0.0284. The average Bonchev–Trinajstić information content (AvgIpc) is 2.38. The first kappa shape index (κ1) is 8.05. The van der Waals surface area contributed by atoms with E-state index in [9.17, 15) is 5.11 Å². The Kier molecular flexibility index (Phi) is 1.61. The molecule has 1 spiro atoms. The highest BCUT2D eigenvalue weighted by atomic mass is 16.3.